The predicted molar refractivity (Wildman–Crippen MR) is 108 cm³/mol. The van der Waals surface area contributed by atoms with Crippen molar-refractivity contribution < 1.29 is 14.3 Å². The Morgan fingerprint density at radius 1 is 1.04 bits per heavy atom. The van der Waals surface area contributed by atoms with Gasteiger partial charge in [-0.25, -0.2) is 4.79 Å². The molecule has 0 bridgehead atoms. The number of amides is 1. The van der Waals surface area contributed by atoms with E-state index in [-0.39, 0.29) is 5.91 Å². The predicted octanol–water partition coefficient (Wildman–Crippen LogP) is 4.62. The number of anilines is 1. The lowest BCUT2D eigenvalue weighted by Gasteiger charge is -2.19. The first-order valence-corrected chi connectivity index (χ1v) is 8.92. The van der Waals surface area contributed by atoms with E-state index in [1.807, 2.05) is 75.4 Å². The molecule has 0 fully saturated rings. The lowest BCUT2D eigenvalue weighted by Crippen LogP contribution is -2.22. The molecule has 2 aromatic rings. The Kier molecular flexibility index (Phi) is 5.26. The SMILES string of the molecule is CC(C)(C)OC(=O)/C=C/c1ccccc1C=C1Cc2ccccc2NC1=O. The van der Waals surface area contributed by atoms with Crippen molar-refractivity contribution in [1.29, 1.82) is 0 Å². The highest BCUT2D eigenvalue weighted by molar-refractivity contribution is 6.09. The summed E-state index contributed by atoms with van der Waals surface area (Å²) in [5, 5.41) is 2.93. The van der Waals surface area contributed by atoms with Crippen LogP contribution in [0.5, 0.6) is 0 Å². The van der Waals surface area contributed by atoms with Crippen molar-refractivity contribution in [2.24, 2.45) is 0 Å². The molecule has 0 aromatic heterocycles. The highest BCUT2D eigenvalue weighted by Crippen LogP contribution is 2.27. The third-order valence-electron chi connectivity index (χ3n) is 4.07. The number of hydrogen-bond donors (Lipinski definition) is 1. The largest absolute Gasteiger partial charge is 0.457 e. The molecule has 1 heterocycles. The zero-order valence-corrected chi connectivity index (χ0v) is 15.8. The van der Waals surface area contributed by atoms with Gasteiger partial charge in [-0.3, -0.25) is 4.79 Å². The molecule has 0 aliphatic carbocycles. The number of esters is 1. The van der Waals surface area contributed by atoms with Crippen molar-refractivity contribution in [1.82, 2.24) is 0 Å². The molecule has 4 nitrogen and oxygen atoms in total. The van der Waals surface area contributed by atoms with E-state index in [9.17, 15) is 9.59 Å². The Hall–Kier alpha value is -3.14. The van der Waals surface area contributed by atoms with Crippen LogP contribution in [0.1, 0.15) is 37.5 Å². The summed E-state index contributed by atoms with van der Waals surface area (Å²) in [7, 11) is 0. The summed E-state index contributed by atoms with van der Waals surface area (Å²) in [6, 6.07) is 15.4. The van der Waals surface area contributed by atoms with Crippen molar-refractivity contribution >= 4 is 29.7 Å². The molecule has 0 radical (unpaired) electrons. The average Bonchev–Trinajstić information content (AvgIpc) is 2.60. The number of hydrogen-bond acceptors (Lipinski definition) is 3. The number of fused-ring (bicyclic) bond motifs is 1. The maximum Gasteiger partial charge on any atom is 0.331 e. The number of carbonyl (C=O) groups is 2. The zero-order valence-electron chi connectivity index (χ0n) is 15.8. The van der Waals surface area contributed by atoms with Crippen molar-refractivity contribution in [2.75, 3.05) is 5.32 Å². The Morgan fingerprint density at radius 3 is 2.44 bits per heavy atom. The van der Waals surface area contributed by atoms with Gasteiger partial charge in [-0.1, -0.05) is 42.5 Å². The van der Waals surface area contributed by atoms with Crippen molar-refractivity contribution in [3.63, 3.8) is 0 Å². The van der Waals surface area contributed by atoms with E-state index in [1.165, 1.54) is 6.08 Å². The normalized spacial score (nSPS) is 15.5. The Bertz CT molecular complexity index is 933. The van der Waals surface area contributed by atoms with E-state index in [2.05, 4.69) is 5.32 Å². The number of ether oxygens (including phenoxy) is 1. The Balaban J connectivity index is 1.85. The molecule has 0 atom stereocenters. The van der Waals surface area contributed by atoms with Crippen molar-refractivity contribution in [2.45, 2.75) is 32.8 Å². The fourth-order valence-electron chi connectivity index (χ4n) is 2.88. The molecule has 1 aliphatic heterocycles. The lowest BCUT2D eigenvalue weighted by molar-refractivity contribution is -0.148. The first-order valence-electron chi connectivity index (χ1n) is 8.92. The first-order chi connectivity index (χ1) is 12.8. The maximum absolute atomic E-state index is 12.4. The van der Waals surface area contributed by atoms with Gasteiger partial charge in [0.05, 0.1) is 0 Å². The number of para-hydroxylation sites is 1. The second kappa shape index (κ2) is 7.62. The molecule has 2 aromatic carbocycles. The maximum atomic E-state index is 12.4. The summed E-state index contributed by atoms with van der Waals surface area (Å²) >= 11 is 0. The van der Waals surface area contributed by atoms with Gasteiger partial charge >= 0.3 is 5.97 Å². The summed E-state index contributed by atoms with van der Waals surface area (Å²) in [6.07, 6.45) is 5.58. The van der Waals surface area contributed by atoms with Crippen LogP contribution >= 0.6 is 0 Å². The van der Waals surface area contributed by atoms with Gasteiger partial charge in [0, 0.05) is 23.8 Å². The number of carbonyl (C=O) groups excluding carboxylic acids is 2. The summed E-state index contributed by atoms with van der Waals surface area (Å²) in [4.78, 5) is 24.4. The fourth-order valence-corrected chi connectivity index (χ4v) is 2.88. The summed E-state index contributed by atoms with van der Waals surface area (Å²) in [6.45, 7) is 5.49. The Labute approximate surface area is 159 Å². The molecule has 0 spiro atoms. The summed E-state index contributed by atoms with van der Waals surface area (Å²) in [5.41, 5.74) is 3.83. The van der Waals surface area contributed by atoms with Gasteiger partial charge in [-0.15, -0.1) is 0 Å². The highest BCUT2D eigenvalue weighted by atomic mass is 16.6. The van der Waals surface area contributed by atoms with Crippen LogP contribution < -0.4 is 5.32 Å². The van der Waals surface area contributed by atoms with E-state index >= 15 is 0 Å². The first kappa shape index (κ1) is 18.6. The molecule has 3 rings (SSSR count). The molecule has 0 saturated carbocycles. The van der Waals surface area contributed by atoms with Crippen LogP contribution in [0.15, 0.2) is 60.2 Å². The van der Waals surface area contributed by atoms with Gasteiger partial charge in [0.1, 0.15) is 5.60 Å². The van der Waals surface area contributed by atoms with Gasteiger partial charge < -0.3 is 10.1 Å². The standard InChI is InChI=1S/C23H23NO3/c1-23(2,3)27-21(25)13-12-16-8-4-5-9-17(16)14-19-15-18-10-6-7-11-20(18)24-22(19)26/h4-14H,15H2,1-3H3,(H,24,26)/b13-12+,19-14?. The molecular weight excluding hydrogens is 338 g/mol. The van der Waals surface area contributed by atoms with Crippen LogP contribution in [0.4, 0.5) is 5.69 Å². The molecule has 1 N–H and O–H groups in total. The van der Waals surface area contributed by atoms with Crippen LogP contribution in [-0.4, -0.2) is 17.5 Å². The average molecular weight is 361 g/mol. The minimum absolute atomic E-state index is 0.0976. The minimum atomic E-state index is -0.531. The number of benzene rings is 2. The summed E-state index contributed by atoms with van der Waals surface area (Å²) in [5.74, 6) is -0.492. The van der Waals surface area contributed by atoms with Crippen LogP contribution in [0.3, 0.4) is 0 Å². The van der Waals surface area contributed by atoms with Crippen molar-refractivity contribution in [3.05, 3.63) is 76.9 Å². The van der Waals surface area contributed by atoms with E-state index < -0.39 is 11.6 Å². The van der Waals surface area contributed by atoms with Crippen LogP contribution in [-0.2, 0) is 20.7 Å². The van der Waals surface area contributed by atoms with E-state index in [0.29, 0.717) is 12.0 Å². The monoisotopic (exact) mass is 361 g/mol. The van der Waals surface area contributed by atoms with E-state index in [1.54, 1.807) is 6.08 Å². The second-order valence-electron chi connectivity index (χ2n) is 7.45. The van der Waals surface area contributed by atoms with Gasteiger partial charge in [0.15, 0.2) is 0 Å². The van der Waals surface area contributed by atoms with E-state index in [4.69, 9.17) is 4.74 Å². The molecule has 0 saturated heterocycles. The molecule has 4 heteroatoms. The smallest absolute Gasteiger partial charge is 0.331 e. The minimum Gasteiger partial charge on any atom is -0.457 e. The topological polar surface area (TPSA) is 55.4 Å². The van der Waals surface area contributed by atoms with Gasteiger partial charge in [0.2, 0.25) is 0 Å². The molecular formula is C23H23NO3. The fraction of sp³-hybridized carbons (Fsp3) is 0.217. The van der Waals surface area contributed by atoms with Gasteiger partial charge in [-0.05, 0) is 55.7 Å². The van der Waals surface area contributed by atoms with Gasteiger partial charge in [-0.2, -0.15) is 0 Å². The highest BCUT2D eigenvalue weighted by Gasteiger charge is 2.19. The third-order valence-corrected chi connectivity index (χ3v) is 4.07. The van der Waals surface area contributed by atoms with Crippen LogP contribution in [0.2, 0.25) is 0 Å². The molecule has 1 aliphatic rings. The Morgan fingerprint density at radius 2 is 1.70 bits per heavy atom. The number of rotatable bonds is 3. The van der Waals surface area contributed by atoms with E-state index in [0.717, 1.165) is 22.4 Å². The molecule has 1 amide bonds. The number of nitrogens with one attached hydrogen (secondary N) is 1. The zero-order chi connectivity index (χ0) is 19.4. The van der Waals surface area contributed by atoms with Crippen LogP contribution in [0, 0.1) is 0 Å². The molecule has 27 heavy (non-hydrogen) atoms. The third kappa shape index (κ3) is 4.94. The second-order valence-corrected chi connectivity index (χ2v) is 7.45. The quantitative estimate of drug-likeness (QED) is 0.641. The molecule has 0 unspecified atom stereocenters. The van der Waals surface area contributed by atoms with Crippen LogP contribution in [0.25, 0.3) is 12.2 Å². The molecule has 138 valence electrons. The van der Waals surface area contributed by atoms with Crippen molar-refractivity contribution in [3.8, 4) is 0 Å². The lowest BCUT2D eigenvalue weighted by atomic mass is 9.95. The summed E-state index contributed by atoms with van der Waals surface area (Å²) < 4.78 is 5.30. The van der Waals surface area contributed by atoms with Gasteiger partial charge in [0.25, 0.3) is 5.91 Å².